The molecule has 4 aliphatic carbocycles. The van der Waals surface area contributed by atoms with Gasteiger partial charge in [-0.15, -0.1) is 0 Å². The van der Waals surface area contributed by atoms with Crippen molar-refractivity contribution < 1.29 is 23.7 Å². The highest BCUT2D eigenvalue weighted by molar-refractivity contribution is 5.53. The maximum Gasteiger partial charge on any atom is 0.172 e. The van der Waals surface area contributed by atoms with Gasteiger partial charge in [-0.25, -0.2) is 0 Å². The standard InChI is InChI=1S/C27H42O5/c1-16(15-28)18-6-7-19-17-13-27(29-10-11-30-27)23-12-21-22(32-24(2,3)31-21)14-26(23,5)20(17)8-9-25(18,19)4/h15-23H,6-14H2,1-5H3/t16-,17-,18+,19-,20-,21-,22+,23-,25+,26+/m0/s1. The second-order valence-corrected chi connectivity index (χ2v) is 13.0. The quantitative estimate of drug-likeness (QED) is 0.561. The number of carbonyl (C=O) groups is 1. The molecule has 2 heterocycles. The van der Waals surface area contributed by atoms with Gasteiger partial charge in [0.2, 0.25) is 0 Å². The predicted octanol–water partition coefficient (Wildman–Crippen LogP) is 4.96. The fraction of sp³-hybridized carbons (Fsp3) is 0.963. The van der Waals surface area contributed by atoms with E-state index in [9.17, 15) is 4.79 Å². The molecule has 6 aliphatic rings. The summed E-state index contributed by atoms with van der Waals surface area (Å²) in [5.41, 5.74) is 0.393. The summed E-state index contributed by atoms with van der Waals surface area (Å²) in [5, 5.41) is 0. The second kappa shape index (κ2) is 7.02. The van der Waals surface area contributed by atoms with Crippen LogP contribution in [0.25, 0.3) is 0 Å². The predicted molar refractivity (Wildman–Crippen MR) is 120 cm³/mol. The molecule has 5 nitrogen and oxygen atoms in total. The van der Waals surface area contributed by atoms with E-state index in [4.69, 9.17) is 18.9 Å². The van der Waals surface area contributed by atoms with Crippen molar-refractivity contribution in [1.82, 2.24) is 0 Å². The van der Waals surface area contributed by atoms with Crippen LogP contribution < -0.4 is 0 Å². The minimum Gasteiger partial charge on any atom is -0.347 e. The Kier molecular flexibility index (Phi) is 4.83. The third-order valence-electron chi connectivity index (χ3n) is 11.2. The average Bonchev–Trinajstić information content (AvgIpc) is 3.40. The Morgan fingerprint density at radius 1 is 0.875 bits per heavy atom. The fourth-order valence-corrected chi connectivity index (χ4v) is 10.1. The zero-order valence-electron chi connectivity index (χ0n) is 20.6. The monoisotopic (exact) mass is 446 g/mol. The van der Waals surface area contributed by atoms with E-state index in [1.807, 2.05) is 0 Å². The Balaban J connectivity index is 1.37. The van der Waals surface area contributed by atoms with Gasteiger partial charge in [0.1, 0.15) is 6.29 Å². The van der Waals surface area contributed by atoms with Gasteiger partial charge in [0.25, 0.3) is 0 Å². The molecule has 0 bridgehead atoms. The van der Waals surface area contributed by atoms with E-state index < -0.39 is 11.6 Å². The SMILES string of the molecule is C[C@@H](C=O)[C@H]1CC[C@H]2[C@@H]3CC4(OCCO4)[C@H]4C[C@@H]5OC(C)(C)O[C@@H]5C[C@]4(C)[C@H]3CC[C@]12C. The molecule has 5 heteroatoms. The summed E-state index contributed by atoms with van der Waals surface area (Å²) >= 11 is 0. The molecule has 4 saturated carbocycles. The van der Waals surface area contributed by atoms with Gasteiger partial charge < -0.3 is 23.7 Å². The van der Waals surface area contributed by atoms with Crippen LogP contribution in [0.15, 0.2) is 0 Å². The molecule has 2 aliphatic heterocycles. The Labute approximate surface area is 193 Å². The minimum absolute atomic E-state index is 0.133. The molecular weight excluding hydrogens is 404 g/mol. The first kappa shape index (κ1) is 22.0. The number of ether oxygens (including phenoxy) is 4. The summed E-state index contributed by atoms with van der Waals surface area (Å²) in [6, 6.07) is 0. The lowest BCUT2D eigenvalue weighted by Gasteiger charge is -2.65. The molecule has 32 heavy (non-hydrogen) atoms. The van der Waals surface area contributed by atoms with Crippen LogP contribution in [0.2, 0.25) is 0 Å². The highest BCUT2D eigenvalue weighted by Gasteiger charge is 2.70. The normalized spacial score (nSPS) is 53.8. The minimum atomic E-state index is -0.502. The van der Waals surface area contributed by atoms with Crippen molar-refractivity contribution in [3.8, 4) is 0 Å². The lowest BCUT2D eigenvalue weighted by Crippen LogP contribution is -2.65. The number of aldehydes is 1. The van der Waals surface area contributed by atoms with Crippen molar-refractivity contribution in [2.24, 2.45) is 46.3 Å². The van der Waals surface area contributed by atoms with Gasteiger partial charge in [0, 0.05) is 18.3 Å². The van der Waals surface area contributed by atoms with Crippen molar-refractivity contribution in [1.29, 1.82) is 0 Å². The van der Waals surface area contributed by atoms with Crippen LogP contribution in [-0.4, -0.2) is 43.3 Å². The summed E-state index contributed by atoms with van der Waals surface area (Å²) in [6.07, 6.45) is 9.48. The van der Waals surface area contributed by atoms with Gasteiger partial charge in [0.15, 0.2) is 11.6 Å². The van der Waals surface area contributed by atoms with Gasteiger partial charge in [-0.05, 0) is 86.9 Å². The van der Waals surface area contributed by atoms with E-state index in [0.29, 0.717) is 42.8 Å². The van der Waals surface area contributed by atoms with E-state index in [1.54, 1.807) is 0 Å². The number of carbonyl (C=O) groups excluding carboxylic acids is 1. The molecule has 0 amide bonds. The smallest absolute Gasteiger partial charge is 0.172 e. The lowest BCUT2D eigenvalue weighted by molar-refractivity contribution is -0.300. The second-order valence-electron chi connectivity index (χ2n) is 13.0. The first-order chi connectivity index (χ1) is 15.1. The average molecular weight is 447 g/mol. The van der Waals surface area contributed by atoms with Crippen LogP contribution in [0.1, 0.15) is 79.6 Å². The van der Waals surface area contributed by atoms with Gasteiger partial charge >= 0.3 is 0 Å². The summed E-state index contributed by atoms with van der Waals surface area (Å²) < 4.78 is 25.9. The third-order valence-corrected chi connectivity index (χ3v) is 11.2. The summed E-state index contributed by atoms with van der Waals surface area (Å²) in [5.74, 6) is 1.98. The van der Waals surface area contributed by atoms with Crippen LogP contribution in [0.3, 0.4) is 0 Å². The molecule has 0 N–H and O–H groups in total. The zero-order chi connectivity index (χ0) is 22.5. The van der Waals surface area contributed by atoms with Crippen LogP contribution in [0.4, 0.5) is 0 Å². The van der Waals surface area contributed by atoms with E-state index in [1.165, 1.54) is 32.0 Å². The topological polar surface area (TPSA) is 54.0 Å². The third kappa shape index (κ3) is 2.86. The first-order valence-corrected chi connectivity index (χ1v) is 13.2. The number of hydrogen-bond acceptors (Lipinski definition) is 5. The van der Waals surface area contributed by atoms with Crippen molar-refractivity contribution in [2.75, 3.05) is 13.2 Å². The van der Waals surface area contributed by atoms with Crippen LogP contribution >= 0.6 is 0 Å². The Morgan fingerprint density at radius 3 is 2.28 bits per heavy atom. The Hall–Kier alpha value is -0.490. The molecule has 6 fully saturated rings. The molecule has 0 unspecified atom stereocenters. The highest BCUT2D eigenvalue weighted by Crippen LogP contribution is 2.71. The lowest BCUT2D eigenvalue weighted by atomic mass is 9.43. The van der Waals surface area contributed by atoms with Crippen molar-refractivity contribution in [3.05, 3.63) is 0 Å². The largest absolute Gasteiger partial charge is 0.347 e. The molecule has 180 valence electrons. The molecule has 0 aromatic rings. The van der Waals surface area contributed by atoms with Crippen molar-refractivity contribution in [3.63, 3.8) is 0 Å². The molecule has 0 aromatic carbocycles. The summed E-state index contributed by atoms with van der Waals surface area (Å²) in [4.78, 5) is 11.7. The number of rotatable bonds is 2. The number of hydrogen-bond donors (Lipinski definition) is 0. The highest BCUT2D eigenvalue weighted by atomic mass is 16.8. The molecule has 10 atom stereocenters. The van der Waals surface area contributed by atoms with Crippen molar-refractivity contribution >= 4 is 6.29 Å². The summed E-state index contributed by atoms with van der Waals surface area (Å²) in [7, 11) is 0. The van der Waals surface area contributed by atoms with Crippen molar-refractivity contribution in [2.45, 2.75) is 103 Å². The van der Waals surface area contributed by atoms with Gasteiger partial charge in [-0.3, -0.25) is 0 Å². The van der Waals surface area contributed by atoms with Crippen LogP contribution in [0.5, 0.6) is 0 Å². The molecule has 1 spiro atoms. The van der Waals surface area contributed by atoms with Gasteiger partial charge in [-0.1, -0.05) is 20.8 Å². The van der Waals surface area contributed by atoms with Crippen LogP contribution in [-0.2, 0) is 23.7 Å². The zero-order valence-corrected chi connectivity index (χ0v) is 20.6. The number of fused-ring (bicyclic) bond motifs is 7. The molecule has 6 rings (SSSR count). The fourth-order valence-electron chi connectivity index (χ4n) is 10.1. The Morgan fingerprint density at radius 2 is 1.56 bits per heavy atom. The Bertz CT molecular complexity index is 774. The molecule has 2 saturated heterocycles. The maximum atomic E-state index is 11.7. The van der Waals surface area contributed by atoms with E-state index in [-0.39, 0.29) is 29.0 Å². The van der Waals surface area contributed by atoms with E-state index in [0.717, 1.165) is 19.3 Å². The summed E-state index contributed by atoms with van der Waals surface area (Å²) in [6.45, 7) is 12.7. The van der Waals surface area contributed by atoms with Gasteiger partial charge in [0.05, 0.1) is 25.4 Å². The molecule has 0 aromatic heterocycles. The first-order valence-electron chi connectivity index (χ1n) is 13.2. The van der Waals surface area contributed by atoms with E-state index in [2.05, 4.69) is 34.6 Å². The molecular formula is C27H42O5. The van der Waals surface area contributed by atoms with Crippen LogP contribution in [0, 0.1) is 46.3 Å². The van der Waals surface area contributed by atoms with Gasteiger partial charge in [-0.2, -0.15) is 0 Å². The maximum absolute atomic E-state index is 11.7. The van der Waals surface area contributed by atoms with E-state index >= 15 is 0 Å². The molecule has 0 radical (unpaired) electrons.